The number of hydrogen-bond donors (Lipinski definition) is 1. The zero-order chi connectivity index (χ0) is 14.1. The lowest BCUT2D eigenvalue weighted by molar-refractivity contribution is 0.412. The average Bonchev–Trinajstić information content (AvgIpc) is 3.22. The number of nitrogens with one attached hydrogen (secondary N) is 1. The molecule has 0 amide bonds. The maximum absolute atomic E-state index is 5.22. The number of nitrogens with zero attached hydrogens (tertiary/aromatic N) is 2. The Balaban J connectivity index is 1.85. The van der Waals surface area contributed by atoms with Gasteiger partial charge in [-0.3, -0.25) is 0 Å². The lowest BCUT2D eigenvalue weighted by Crippen LogP contribution is -1.99. The third-order valence-electron chi connectivity index (χ3n) is 3.08. The molecule has 6 heteroatoms. The third kappa shape index (κ3) is 3.12. The van der Waals surface area contributed by atoms with E-state index in [-0.39, 0.29) is 0 Å². The summed E-state index contributed by atoms with van der Waals surface area (Å²) in [7, 11) is 1.65. The fourth-order valence-corrected chi connectivity index (χ4v) is 2.85. The number of aromatic nitrogens is 2. The first-order valence-electron chi connectivity index (χ1n) is 6.31. The Bertz CT molecular complexity index is 644. The van der Waals surface area contributed by atoms with Gasteiger partial charge < -0.3 is 10.1 Å². The first kappa shape index (κ1) is 13.8. The molecule has 20 heavy (non-hydrogen) atoms. The third-order valence-corrected chi connectivity index (χ3v) is 4.10. The van der Waals surface area contributed by atoms with Crippen LogP contribution in [0.15, 0.2) is 33.3 Å². The van der Waals surface area contributed by atoms with E-state index in [2.05, 4.69) is 47.1 Å². The topological polar surface area (TPSA) is 47.0 Å². The molecule has 0 aliphatic heterocycles. The summed E-state index contributed by atoms with van der Waals surface area (Å²) in [6.45, 7) is 0. The number of halogens is 2. The molecule has 0 bridgehead atoms. The molecule has 1 fully saturated rings. The summed E-state index contributed by atoms with van der Waals surface area (Å²) in [4.78, 5) is 8.98. The Kier molecular flexibility index (Phi) is 3.94. The molecule has 4 nitrogen and oxygen atoms in total. The highest BCUT2D eigenvalue weighted by atomic mass is 79.9. The zero-order valence-electron chi connectivity index (χ0n) is 10.9. The molecule has 0 radical (unpaired) electrons. The molecule has 0 spiro atoms. The first-order chi connectivity index (χ1) is 9.65. The maximum atomic E-state index is 5.22. The summed E-state index contributed by atoms with van der Waals surface area (Å²) in [5.41, 5.74) is 0.949. The van der Waals surface area contributed by atoms with Crippen molar-refractivity contribution < 1.29 is 4.74 Å². The molecular weight excluding hydrogens is 386 g/mol. The predicted molar refractivity (Wildman–Crippen MR) is 85.7 cm³/mol. The van der Waals surface area contributed by atoms with Crippen molar-refractivity contribution in [3.63, 3.8) is 0 Å². The predicted octanol–water partition coefficient (Wildman–Crippen LogP) is 4.63. The zero-order valence-corrected chi connectivity index (χ0v) is 14.0. The molecule has 1 aliphatic rings. The van der Waals surface area contributed by atoms with Crippen LogP contribution in [-0.4, -0.2) is 17.1 Å². The Morgan fingerprint density at radius 2 is 2.00 bits per heavy atom. The first-order valence-corrected chi connectivity index (χ1v) is 7.89. The molecule has 0 saturated heterocycles. The van der Waals surface area contributed by atoms with Crippen molar-refractivity contribution in [1.29, 1.82) is 0 Å². The molecule has 0 atom stereocenters. The second-order valence-corrected chi connectivity index (χ2v) is 6.35. The molecule has 1 aliphatic carbocycles. The Morgan fingerprint density at radius 1 is 1.20 bits per heavy atom. The fourth-order valence-electron chi connectivity index (χ4n) is 1.92. The van der Waals surface area contributed by atoms with Crippen LogP contribution in [0.25, 0.3) is 0 Å². The van der Waals surface area contributed by atoms with Gasteiger partial charge in [0.1, 0.15) is 22.0 Å². The molecule has 1 saturated carbocycles. The highest BCUT2D eigenvalue weighted by molar-refractivity contribution is 9.10. The molecule has 3 rings (SSSR count). The summed E-state index contributed by atoms with van der Waals surface area (Å²) < 4.78 is 6.93. The van der Waals surface area contributed by atoms with Crippen molar-refractivity contribution in [2.45, 2.75) is 18.8 Å². The van der Waals surface area contributed by atoms with Crippen molar-refractivity contribution in [1.82, 2.24) is 9.97 Å². The minimum atomic E-state index is 0.524. The highest BCUT2D eigenvalue weighted by Gasteiger charge is 2.27. The van der Waals surface area contributed by atoms with E-state index in [1.54, 1.807) is 7.11 Å². The number of methoxy groups -OCH3 is 1. The minimum Gasteiger partial charge on any atom is -0.496 e. The molecule has 2 aromatic rings. The van der Waals surface area contributed by atoms with Crippen molar-refractivity contribution in [3.05, 3.63) is 39.2 Å². The summed E-state index contributed by atoms with van der Waals surface area (Å²) >= 11 is 6.92. The number of hydrogen-bond acceptors (Lipinski definition) is 4. The molecule has 1 aromatic carbocycles. The van der Waals surface area contributed by atoms with E-state index in [0.717, 1.165) is 32.2 Å². The van der Waals surface area contributed by atoms with Crippen LogP contribution in [0.2, 0.25) is 0 Å². The Hall–Kier alpha value is -1.14. The largest absolute Gasteiger partial charge is 0.496 e. The molecule has 0 unspecified atom stereocenters. The second kappa shape index (κ2) is 5.69. The average molecular weight is 399 g/mol. The van der Waals surface area contributed by atoms with Crippen molar-refractivity contribution in [3.8, 4) is 5.75 Å². The summed E-state index contributed by atoms with van der Waals surface area (Å²) in [5, 5.41) is 3.29. The van der Waals surface area contributed by atoms with E-state index in [1.165, 1.54) is 12.8 Å². The molecule has 1 heterocycles. The number of anilines is 2. The number of ether oxygens (including phenoxy) is 1. The van der Waals surface area contributed by atoms with Crippen LogP contribution >= 0.6 is 31.9 Å². The van der Waals surface area contributed by atoms with Gasteiger partial charge in [0.15, 0.2) is 0 Å². The summed E-state index contributed by atoms with van der Waals surface area (Å²) in [6, 6.07) is 7.70. The van der Waals surface area contributed by atoms with Crippen LogP contribution in [0.5, 0.6) is 5.75 Å². The minimum absolute atomic E-state index is 0.524. The van der Waals surface area contributed by atoms with Crippen LogP contribution in [-0.2, 0) is 0 Å². The van der Waals surface area contributed by atoms with E-state index in [1.807, 2.05) is 24.3 Å². The maximum Gasteiger partial charge on any atom is 0.135 e. The molecular formula is C14H13Br2N3O. The van der Waals surface area contributed by atoms with Gasteiger partial charge >= 0.3 is 0 Å². The van der Waals surface area contributed by atoms with E-state index >= 15 is 0 Å². The summed E-state index contributed by atoms with van der Waals surface area (Å²) in [6.07, 6.45) is 2.37. The monoisotopic (exact) mass is 397 g/mol. The van der Waals surface area contributed by atoms with Gasteiger partial charge in [-0.05, 0) is 62.9 Å². The second-order valence-electron chi connectivity index (χ2n) is 4.68. The quantitative estimate of drug-likeness (QED) is 0.762. The van der Waals surface area contributed by atoms with E-state index in [9.17, 15) is 0 Å². The van der Waals surface area contributed by atoms with Gasteiger partial charge in [0.25, 0.3) is 0 Å². The van der Waals surface area contributed by atoms with Crippen LogP contribution in [0, 0.1) is 0 Å². The Labute approximate surface area is 134 Å². The fraction of sp³-hybridized carbons (Fsp3) is 0.286. The van der Waals surface area contributed by atoms with Crippen LogP contribution < -0.4 is 10.1 Å². The van der Waals surface area contributed by atoms with Gasteiger partial charge in [0.05, 0.1) is 11.6 Å². The van der Waals surface area contributed by atoms with Crippen LogP contribution in [0.1, 0.15) is 24.6 Å². The molecule has 104 valence electrons. The molecule has 1 N–H and O–H groups in total. The van der Waals surface area contributed by atoms with Crippen molar-refractivity contribution >= 4 is 43.4 Å². The number of rotatable bonds is 4. The van der Waals surface area contributed by atoms with Gasteiger partial charge in [-0.15, -0.1) is 0 Å². The van der Waals surface area contributed by atoms with E-state index in [4.69, 9.17) is 4.74 Å². The van der Waals surface area contributed by atoms with E-state index < -0.39 is 0 Å². The normalized spacial score (nSPS) is 14.2. The highest BCUT2D eigenvalue weighted by Crippen LogP contribution is 2.39. The SMILES string of the molecule is COc1ccc(Nc2cc(Br)nc(C3CC3)n2)cc1Br. The van der Waals surface area contributed by atoms with E-state index in [0.29, 0.717) is 5.92 Å². The lowest BCUT2D eigenvalue weighted by Gasteiger charge is -2.10. The van der Waals surface area contributed by atoms with Crippen molar-refractivity contribution in [2.75, 3.05) is 12.4 Å². The standard InChI is InChI=1S/C14H13Br2N3O/c1-20-11-5-4-9(6-10(11)15)17-13-7-12(16)18-14(19-13)8-2-3-8/h4-8H,2-3H2,1H3,(H,17,18,19). The van der Waals surface area contributed by atoms with Gasteiger partial charge in [-0.2, -0.15) is 0 Å². The summed E-state index contributed by atoms with van der Waals surface area (Å²) in [5.74, 6) is 3.04. The van der Waals surface area contributed by atoms with Gasteiger partial charge in [0.2, 0.25) is 0 Å². The molecule has 1 aromatic heterocycles. The smallest absolute Gasteiger partial charge is 0.135 e. The van der Waals surface area contributed by atoms with Gasteiger partial charge in [-0.25, -0.2) is 9.97 Å². The van der Waals surface area contributed by atoms with Gasteiger partial charge in [0, 0.05) is 17.7 Å². The Morgan fingerprint density at radius 3 is 2.65 bits per heavy atom. The van der Waals surface area contributed by atoms with Crippen molar-refractivity contribution in [2.24, 2.45) is 0 Å². The van der Waals surface area contributed by atoms with Crippen LogP contribution in [0.3, 0.4) is 0 Å². The van der Waals surface area contributed by atoms with Gasteiger partial charge in [-0.1, -0.05) is 0 Å². The lowest BCUT2D eigenvalue weighted by atomic mass is 10.3. The van der Waals surface area contributed by atoms with Crippen LogP contribution in [0.4, 0.5) is 11.5 Å². The number of benzene rings is 1.